The molecule has 1 saturated carbocycles. The van der Waals surface area contributed by atoms with Crippen LogP contribution in [0.1, 0.15) is 19.3 Å². The summed E-state index contributed by atoms with van der Waals surface area (Å²) < 4.78 is 6.33. The van der Waals surface area contributed by atoms with Crippen LogP contribution in [0.2, 0.25) is 0 Å². The lowest BCUT2D eigenvalue weighted by Crippen LogP contribution is -2.17. The van der Waals surface area contributed by atoms with Gasteiger partial charge in [-0.2, -0.15) is 0 Å². The quantitative estimate of drug-likeness (QED) is 0.870. The number of ether oxygens (including phenoxy) is 1. The molecule has 0 unspecified atom stereocenters. The van der Waals surface area contributed by atoms with Gasteiger partial charge in [-0.05, 0) is 36.1 Å². The number of hydrogen-bond acceptors (Lipinski definition) is 5. The standard InChI is InChI=1S/C13H17N3OS/c1-17-6-5-13(3-4-13)8-14-12-11-10(2-7-18-11)15-9-16-12/h2,7,9H,3-6,8H2,1H3,(H,14,15,16). The number of anilines is 1. The van der Waals surface area contributed by atoms with E-state index in [0.717, 1.165) is 35.6 Å². The van der Waals surface area contributed by atoms with Gasteiger partial charge in [-0.1, -0.05) is 0 Å². The highest BCUT2D eigenvalue weighted by Crippen LogP contribution is 2.48. The van der Waals surface area contributed by atoms with Crippen molar-refractivity contribution in [3.8, 4) is 0 Å². The Labute approximate surface area is 110 Å². The molecule has 1 aliphatic carbocycles. The largest absolute Gasteiger partial charge is 0.385 e. The van der Waals surface area contributed by atoms with Crippen LogP contribution in [0, 0.1) is 5.41 Å². The maximum absolute atomic E-state index is 5.18. The Bertz CT molecular complexity index is 536. The molecular formula is C13H17N3OS. The fraction of sp³-hybridized carbons (Fsp3) is 0.538. The van der Waals surface area contributed by atoms with E-state index >= 15 is 0 Å². The van der Waals surface area contributed by atoms with E-state index < -0.39 is 0 Å². The van der Waals surface area contributed by atoms with Crippen molar-refractivity contribution in [2.24, 2.45) is 5.41 Å². The lowest BCUT2D eigenvalue weighted by molar-refractivity contribution is 0.175. The van der Waals surface area contributed by atoms with Crippen molar-refractivity contribution in [3.05, 3.63) is 17.8 Å². The van der Waals surface area contributed by atoms with Crippen LogP contribution in [0.5, 0.6) is 0 Å². The molecule has 96 valence electrons. The summed E-state index contributed by atoms with van der Waals surface area (Å²) in [5.41, 5.74) is 1.46. The Morgan fingerprint density at radius 3 is 3.11 bits per heavy atom. The number of aromatic nitrogens is 2. The van der Waals surface area contributed by atoms with E-state index in [2.05, 4.69) is 20.7 Å². The van der Waals surface area contributed by atoms with Gasteiger partial charge in [0.25, 0.3) is 0 Å². The van der Waals surface area contributed by atoms with Gasteiger partial charge >= 0.3 is 0 Å². The Balaban J connectivity index is 1.68. The van der Waals surface area contributed by atoms with E-state index in [1.807, 2.05) is 6.07 Å². The molecule has 3 rings (SSSR count). The van der Waals surface area contributed by atoms with Crippen molar-refractivity contribution in [1.29, 1.82) is 0 Å². The van der Waals surface area contributed by atoms with Crippen LogP contribution >= 0.6 is 11.3 Å². The van der Waals surface area contributed by atoms with Crippen LogP contribution < -0.4 is 5.32 Å². The van der Waals surface area contributed by atoms with Crippen molar-refractivity contribution in [1.82, 2.24) is 9.97 Å². The fourth-order valence-corrected chi connectivity index (χ4v) is 3.01. The Hall–Kier alpha value is -1.20. The van der Waals surface area contributed by atoms with Crippen molar-refractivity contribution in [2.75, 3.05) is 25.6 Å². The molecule has 4 nitrogen and oxygen atoms in total. The summed E-state index contributed by atoms with van der Waals surface area (Å²) in [7, 11) is 1.77. The molecular weight excluding hydrogens is 246 g/mol. The molecule has 1 aliphatic rings. The zero-order valence-corrected chi connectivity index (χ0v) is 11.3. The predicted octanol–water partition coefficient (Wildman–Crippen LogP) is 2.92. The first-order valence-electron chi connectivity index (χ1n) is 6.24. The van der Waals surface area contributed by atoms with E-state index in [1.54, 1.807) is 24.8 Å². The van der Waals surface area contributed by atoms with Gasteiger partial charge < -0.3 is 10.1 Å². The number of nitrogens with one attached hydrogen (secondary N) is 1. The second kappa shape index (κ2) is 4.82. The van der Waals surface area contributed by atoms with Crippen LogP contribution in [-0.2, 0) is 4.74 Å². The van der Waals surface area contributed by atoms with Gasteiger partial charge in [-0.25, -0.2) is 9.97 Å². The third kappa shape index (κ3) is 2.33. The van der Waals surface area contributed by atoms with Crippen LogP contribution in [0.15, 0.2) is 17.8 Å². The lowest BCUT2D eigenvalue weighted by Gasteiger charge is -2.15. The van der Waals surface area contributed by atoms with Gasteiger partial charge in [0.1, 0.15) is 12.1 Å². The molecule has 1 N–H and O–H groups in total. The second-order valence-corrected chi connectivity index (χ2v) is 5.87. The minimum absolute atomic E-state index is 0.435. The Morgan fingerprint density at radius 1 is 1.44 bits per heavy atom. The van der Waals surface area contributed by atoms with E-state index in [0.29, 0.717) is 5.41 Å². The van der Waals surface area contributed by atoms with E-state index in [-0.39, 0.29) is 0 Å². The smallest absolute Gasteiger partial charge is 0.147 e. The number of fused-ring (bicyclic) bond motifs is 1. The van der Waals surface area contributed by atoms with Crippen molar-refractivity contribution < 1.29 is 4.74 Å². The van der Waals surface area contributed by atoms with E-state index in [9.17, 15) is 0 Å². The highest BCUT2D eigenvalue weighted by Gasteiger charge is 2.41. The highest BCUT2D eigenvalue weighted by atomic mass is 32.1. The molecule has 0 aliphatic heterocycles. The average molecular weight is 263 g/mol. The molecule has 0 radical (unpaired) electrons. The molecule has 2 aromatic heterocycles. The van der Waals surface area contributed by atoms with Gasteiger partial charge in [0.15, 0.2) is 0 Å². The first-order valence-corrected chi connectivity index (χ1v) is 7.12. The summed E-state index contributed by atoms with van der Waals surface area (Å²) in [6, 6.07) is 2.03. The van der Waals surface area contributed by atoms with Gasteiger partial charge in [0.2, 0.25) is 0 Å². The summed E-state index contributed by atoms with van der Waals surface area (Å²) in [6.45, 7) is 1.83. The summed E-state index contributed by atoms with van der Waals surface area (Å²) in [5.74, 6) is 0.971. The van der Waals surface area contributed by atoms with Crippen LogP contribution in [0.25, 0.3) is 10.2 Å². The van der Waals surface area contributed by atoms with Crippen LogP contribution in [0.4, 0.5) is 5.82 Å². The first-order chi connectivity index (χ1) is 8.83. The van der Waals surface area contributed by atoms with Gasteiger partial charge in [0, 0.05) is 20.3 Å². The summed E-state index contributed by atoms with van der Waals surface area (Å²) in [5, 5.41) is 5.55. The third-order valence-electron chi connectivity index (χ3n) is 3.67. The predicted molar refractivity (Wildman–Crippen MR) is 74.1 cm³/mol. The number of methoxy groups -OCH3 is 1. The zero-order chi connectivity index (χ0) is 12.4. The Kier molecular flexibility index (Phi) is 3.18. The fourth-order valence-electron chi connectivity index (χ4n) is 2.20. The minimum atomic E-state index is 0.435. The first kappa shape index (κ1) is 11.9. The molecule has 0 atom stereocenters. The van der Waals surface area contributed by atoms with Crippen LogP contribution in [0.3, 0.4) is 0 Å². The molecule has 18 heavy (non-hydrogen) atoms. The number of nitrogens with zero attached hydrogens (tertiary/aromatic N) is 2. The molecule has 0 aromatic carbocycles. The molecule has 2 heterocycles. The second-order valence-electron chi connectivity index (χ2n) is 4.95. The van der Waals surface area contributed by atoms with Crippen LogP contribution in [-0.4, -0.2) is 30.2 Å². The lowest BCUT2D eigenvalue weighted by atomic mass is 10.0. The average Bonchev–Trinajstić information content (AvgIpc) is 3.00. The maximum atomic E-state index is 5.18. The van der Waals surface area contributed by atoms with Gasteiger partial charge in [-0.3, -0.25) is 0 Å². The molecule has 0 amide bonds. The molecule has 2 aromatic rings. The third-order valence-corrected chi connectivity index (χ3v) is 4.58. The maximum Gasteiger partial charge on any atom is 0.147 e. The normalized spacial score (nSPS) is 16.9. The molecule has 0 bridgehead atoms. The van der Waals surface area contributed by atoms with Crippen molar-refractivity contribution >= 4 is 27.4 Å². The minimum Gasteiger partial charge on any atom is -0.385 e. The molecule has 0 saturated heterocycles. The highest BCUT2D eigenvalue weighted by molar-refractivity contribution is 7.17. The number of rotatable bonds is 6. The zero-order valence-electron chi connectivity index (χ0n) is 10.5. The van der Waals surface area contributed by atoms with Gasteiger partial charge in [-0.15, -0.1) is 11.3 Å². The monoisotopic (exact) mass is 263 g/mol. The summed E-state index contributed by atoms with van der Waals surface area (Å²) >= 11 is 1.69. The topological polar surface area (TPSA) is 47.0 Å². The van der Waals surface area contributed by atoms with E-state index in [1.165, 1.54) is 12.8 Å². The molecule has 5 heteroatoms. The van der Waals surface area contributed by atoms with Gasteiger partial charge in [0.05, 0.1) is 10.2 Å². The van der Waals surface area contributed by atoms with Crippen molar-refractivity contribution in [2.45, 2.75) is 19.3 Å². The molecule has 1 fully saturated rings. The SMILES string of the molecule is COCCC1(CNc2ncnc3ccsc23)CC1. The number of hydrogen-bond donors (Lipinski definition) is 1. The molecule has 0 spiro atoms. The van der Waals surface area contributed by atoms with E-state index in [4.69, 9.17) is 4.74 Å². The van der Waals surface area contributed by atoms with Crippen molar-refractivity contribution in [3.63, 3.8) is 0 Å². The Morgan fingerprint density at radius 2 is 2.33 bits per heavy atom. The number of thiophene rings is 1. The summed E-state index contributed by atoms with van der Waals surface area (Å²) in [4.78, 5) is 8.60. The summed E-state index contributed by atoms with van der Waals surface area (Å²) in [6.07, 6.45) is 5.35.